The van der Waals surface area contributed by atoms with Gasteiger partial charge in [0, 0.05) is 5.75 Å². The van der Waals surface area contributed by atoms with Gasteiger partial charge in [-0.2, -0.15) is 13.5 Å². The normalized spacial score (nSPS) is 41.5. The SMILES string of the molecule is ClP12=NP(Cl)(=NP3(=N1)OCCS3)OCCOCCOCCOCCO2. The number of rotatable bonds is 0. The van der Waals surface area contributed by atoms with Crippen LogP contribution in [0, 0.1) is 0 Å². The molecule has 0 amide bonds. The van der Waals surface area contributed by atoms with E-state index in [2.05, 4.69) is 13.5 Å². The van der Waals surface area contributed by atoms with Gasteiger partial charge in [0.05, 0.1) is 59.5 Å². The van der Waals surface area contributed by atoms with Gasteiger partial charge in [-0.05, 0) is 22.5 Å². The maximum atomic E-state index is 6.57. The van der Waals surface area contributed by atoms with Crippen molar-refractivity contribution in [1.29, 1.82) is 0 Å². The maximum Gasteiger partial charge on any atom is 0.301 e. The first kappa shape index (κ1) is 21.1. The summed E-state index contributed by atoms with van der Waals surface area (Å²) in [5, 5.41) is 0. The fraction of sp³-hybridized carbons (Fsp3) is 1.00. The molecule has 0 N–H and O–H groups in total. The van der Waals surface area contributed by atoms with Crippen LogP contribution in [0.15, 0.2) is 13.5 Å². The first-order chi connectivity index (χ1) is 12.0. The Kier molecular flexibility index (Phi) is 8.21. The minimum Gasteiger partial charge on any atom is -0.377 e. The van der Waals surface area contributed by atoms with Gasteiger partial charge in [-0.15, -0.1) is 0 Å². The summed E-state index contributed by atoms with van der Waals surface area (Å²) in [6.45, 7) is -4.92. The van der Waals surface area contributed by atoms with E-state index in [-0.39, 0.29) is 13.2 Å². The lowest BCUT2D eigenvalue weighted by Gasteiger charge is -2.26. The largest absolute Gasteiger partial charge is 0.377 e. The van der Waals surface area contributed by atoms with E-state index in [0.29, 0.717) is 46.2 Å². The molecule has 3 atom stereocenters. The molecule has 3 heterocycles. The Bertz CT molecular complexity index is 610. The topological polar surface area (TPSA) is 92.5 Å². The van der Waals surface area contributed by atoms with Gasteiger partial charge in [0.2, 0.25) is 0 Å². The minimum absolute atomic E-state index is 0.245. The number of nitrogens with zero attached hydrogens (tertiary/aromatic N) is 3. The number of hydrogen-bond acceptors (Lipinski definition) is 10. The number of halogens is 2. The molecule has 1 fully saturated rings. The van der Waals surface area contributed by atoms with Crippen molar-refractivity contribution in [1.82, 2.24) is 0 Å². The van der Waals surface area contributed by atoms with E-state index in [1.807, 2.05) is 0 Å². The van der Waals surface area contributed by atoms with Crippen LogP contribution < -0.4 is 0 Å². The van der Waals surface area contributed by atoms with Crippen LogP contribution in [0.3, 0.4) is 0 Å². The van der Waals surface area contributed by atoms with Gasteiger partial charge in [-0.1, -0.05) is 11.4 Å². The molecule has 2 bridgehead atoms. The van der Waals surface area contributed by atoms with E-state index in [0.717, 1.165) is 5.75 Å². The lowest BCUT2D eigenvalue weighted by molar-refractivity contribution is 0.00575. The predicted octanol–water partition coefficient (Wildman–Crippen LogP) is 5.18. The maximum absolute atomic E-state index is 6.57. The average Bonchev–Trinajstić information content (AvgIpc) is 2.96. The molecule has 0 saturated carbocycles. The Hall–Kier alpha value is 1.38. The molecule has 25 heavy (non-hydrogen) atoms. The zero-order valence-corrected chi connectivity index (χ0v) is 18.4. The monoisotopic (exact) mass is 473 g/mol. The summed E-state index contributed by atoms with van der Waals surface area (Å²) in [6, 6.07) is 0. The van der Waals surface area contributed by atoms with E-state index in [4.69, 9.17) is 50.3 Å². The molecule has 9 nitrogen and oxygen atoms in total. The highest BCUT2D eigenvalue weighted by molar-refractivity contribution is 8.58. The third kappa shape index (κ3) is 6.45. The molecule has 3 aliphatic heterocycles. The fourth-order valence-electron chi connectivity index (χ4n) is 1.99. The van der Waals surface area contributed by atoms with Crippen LogP contribution in [-0.2, 0) is 27.8 Å². The molecular weight excluding hydrogens is 454 g/mol. The quantitative estimate of drug-likeness (QED) is 0.447. The van der Waals surface area contributed by atoms with E-state index in [1.54, 1.807) is 0 Å². The van der Waals surface area contributed by atoms with Crippen LogP contribution in [0.5, 0.6) is 0 Å². The molecule has 3 unspecified atom stereocenters. The van der Waals surface area contributed by atoms with E-state index < -0.39 is 20.2 Å². The highest BCUT2D eigenvalue weighted by Crippen LogP contribution is 2.87. The molecule has 3 rings (SSSR count). The summed E-state index contributed by atoms with van der Waals surface area (Å²) in [5.74, 6) is 0.779. The van der Waals surface area contributed by atoms with E-state index >= 15 is 0 Å². The standard InChI is InChI=1S/C10H20Cl2N3O6P3S/c11-22-13-23(12,15-24(14-22)21-9-10-25-24)20-8-6-18-4-2-16-1-3-17-5-7-19-22/h1-10H2. The van der Waals surface area contributed by atoms with Gasteiger partial charge >= 0.3 is 13.6 Å². The molecular formula is C10H20Cl2N3O6P3S. The molecule has 1 spiro atoms. The second-order valence-electron chi connectivity index (χ2n) is 4.87. The molecule has 1 saturated heterocycles. The van der Waals surface area contributed by atoms with E-state index in [9.17, 15) is 0 Å². The van der Waals surface area contributed by atoms with E-state index in [1.165, 1.54) is 11.4 Å². The Morgan fingerprint density at radius 1 is 0.600 bits per heavy atom. The Balaban J connectivity index is 1.81. The molecule has 3 aliphatic rings. The van der Waals surface area contributed by atoms with Crippen molar-refractivity contribution in [2.24, 2.45) is 13.5 Å². The smallest absolute Gasteiger partial charge is 0.301 e. The summed E-state index contributed by atoms with van der Waals surface area (Å²) < 4.78 is 46.9. The Morgan fingerprint density at radius 3 is 1.64 bits per heavy atom. The lowest BCUT2D eigenvalue weighted by atomic mass is 10.7. The van der Waals surface area contributed by atoms with Crippen LogP contribution in [0.25, 0.3) is 0 Å². The van der Waals surface area contributed by atoms with Crippen LogP contribution >= 0.6 is 54.1 Å². The van der Waals surface area contributed by atoms with Crippen LogP contribution in [0.1, 0.15) is 0 Å². The molecule has 0 aromatic heterocycles. The highest BCUT2D eigenvalue weighted by atomic mass is 35.7. The number of fused-ring (bicyclic) bond motifs is 1. The number of ether oxygens (including phenoxy) is 3. The van der Waals surface area contributed by atoms with Crippen molar-refractivity contribution >= 4 is 54.1 Å². The second kappa shape index (κ2) is 9.73. The van der Waals surface area contributed by atoms with Gasteiger partial charge in [-0.25, -0.2) is 0 Å². The van der Waals surface area contributed by atoms with Crippen molar-refractivity contribution in [3.63, 3.8) is 0 Å². The fourth-order valence-corrected chi connectivity index (χ4v) is 18.7. The average molecular weight is 474 g/mol. The van der Waals surface area contributed by atoms with Gasteiger partial charge in [-0.3, -0.25) is 0 Å². The van der Waals surface area contributed by atoms with Gasteiger partial charge in [0.15, 0.2) is 0 Å². The van der Waals surface area contributed by atoms with Crippen LogP contribution in [-0.4, -0.2) is 65.2 Å². The van der Waals surface area contributed by atoms with Crippen LogP contribution in [0.4, 0.5) is 0 Å². The summed E-state index contributed by atoms with van der Waals surface area (Å²) in [5.41, 5.74) is 0. The Morgan fingerprint density at radius 2 is 1.12 bits per heavy atom. The molecule has 0 aromatic carbocycles. The molecule has 0 aromatic rings. The van der Waals surface area contributed by atoms with Crippen molar-refractivity contribution in [3.05, 3.63) is 0 Å². The third-order valence-corrected chi connectivity index (χ3v) is 16.8. The summed E-state index contributed by atoms with van der Waals surface area (Å²) >= 11 is 14.7. The lowest BCUT2D eigenvalue weighted by Crippen LogP contribution is -2.13. The molecule has 146 valence electrons. The van der Waals surface area contributed by atoms with Crippen molar-refractivity contribution in [3.8, 4) is 0 Å². The molecule has 0 aliphatic carbocycles. The summed E-state index contributed by atoms with van der Waals surface area (Å²) in [4.78, 5) is 0. The first-order valence-corrected chi connectivity index (χ1v) is 15.9. The van der Waals surface area contributed by atoms with Gasteiger partial charge in [0.1, 0.15) is 0 Å². The van der Waals surface area contributed by atoms with Crippen molar-refractivity contribution < 1.29 is 27.8 Å². The van der Waals surface area contributed by atoms with Crippen LogP contribution in [0.2, 0.25) is 0 Å². The first-order valence-electron chi connectivity index (χ1n) is 7.66. The van der Waals surface area contributed by atoms with Crippen molar-refractivity contribution in [2.45, 2.75) is 0 Å². The molecule has 15 heteroatoms. The summed E-state index contributed by atoms with van der Waals surface area (Å²) in [6.07, 6.45) is 0. The summed E-state index contributed by atoms with van der Waals surface area (Å²) in [7, 11) is 0. The Labute approximate surface area is 160 Å². The zero-order chi connectivity index (χ0) is 17.6. The third-order valence-electron chi connectivity index (χ3n) is 2.98. The van der Waals surface area contributed by atoms with Crippen molar-refractivity contribution in [2.75, 3.05) is 65.2 Å². The molecule has 0 radical (unpaired) electrons. The van der Waals surface area contributed by atoms with Gasteiger partial charge < -0.3 is 27.8 Å². The minimum atomic E-state index is -3.02. The zero-order valence-electron chi connectivity index (χ0n) is 13.4. The predicted molar refractivity (Wildman–Crippen MR) is 103 cm³/mol. The second-order valence-corrected chi connectivity index (χ2v) is 16.2. The number of hydrogen-bond donors (Lipinski definition) is 0. The van der Waals surface area contributed by atoms with Gasteiger partial charge in [0.25, 0.3) is 6.63 Å². The highest BCUT2D eigenvalue weighted by Gasteiger charge is 2.40.